The SMILES string of the molecule is CCOC(=O)C=C(C)NCc1ccccc1CC(=O)[O-].[K+]. The fraction of sp³-hybridized carbons (Fsp3) is 0.333. The third-order valence-electron chi connectivity index (χ3n) is 2.63. The Labute approximate surface area is 167 Å². The summed E-state index contributed by atoms with van der Waals surface area (Å²) in [5, 5.41) is 13.7. The molecule has 0 aliphatic carbocycles. The zero-order valence-electron chi connectivity index (χ0n) is 12.6. The molecule has 0 unspecified atom stereocenters. The number of carbonyl (C=O) groups is 2. The number of hydrogen-bond donors (Lipinski definition) is 1. The Balaban J connectivity index is 0.00000400. The molecule has 0 aromatic heterocycles. The molecule has 6 heteroatoms. The van der Waals surface area contributed by atoms with Gasteiger partial charge in [0.15, 0.2) is 0 Å². The van der Waals surface area contributed by atoms with E-state index in [-0.39, 0.29) is 57.8 Å². The number of nitrogens with one attached hydrogen (secondary N) is 1. The van der Waals surface area contributed by atoms with Crippen molar-refractivity contribution in [2.45, 2.75) is 26.8 Å². The number of carboxylic acids is 1. The number of esters is 1. The van der Waals surface area contributed by atoms with E-state index in [2.05, 4.69) is 5.32 Å². The van der Waals surface area contributed by atoms with Crippen LogP contribution in [0.5, 0.6) is 0 Å². The summed E-state index contributed by atoms with van der Waals surface area (Å²) in [5.41, 5.74) is 2.21. The van der Waals surface area contributed by atoms with Gasteiger partial charge in [-0.25, -0.2) is 4.79 Å². The van der Waals surface area contributed by atoms with E-state index in [0.717, 1.165) is 5.56 Å². The average molecular weight is 315 g/mol. The number of rotatable bonds is 7. The standard InChI is InChI=1S/C15H19NO4.K/c1-3-20-15(19)8-11(2)16-10-13-7-5-4-6-12(13)9-14(17)18;/h4-8,16H,3,9-10H2,1-2H3,(H,17,18);/q;+1/p-1. The molecule has 0 radical (unpaired) electrons. The van der Waals surface area contributed by atoms with Crippen molar-refractivity contribution < 1.29 is 70.8 Å². The van der Waals surface area contributed by atoms with Crippen LogP contribution < -0.4 is 61.8 Å². The Hall–Kier alpha value is -0.664. The number of ether oxygens (including phenoxy) is 1. The van der Waals surface area contributed by atoms with Crippen LogP contribution in [0.3, 0.4) is 0 Å². The summed E-state index contributed by atoms with van der Waals surface area (Å²) in [4.78, 5) is 21.9. The Bertz CT molecular complexity index is 514. The first-order chi connectivity index (χ1) is 9.52. The molecule has 1 aromatic carbocycles. The van der Waals surface area contributed by atoms with E-state index in [0.29, 0.717) is 24.4 Å². The number of carbonyl (C=O) groups excluding carboxylic acids is 2. The van der Waals surface area contributed by atoms with Gasteiger partial charge in [0, 0.05) is 30.7 Å². The van der Waals surface area contributed by atoms with Crippen molar-refractivity contribution in [2.75, 3.05) is 6.61 Å². The third-order valence-corrected chi connectivity index (χ3v) is 2.63. The predicted octanol–water partition coefficient (Wildman–Crippen LogP) is -2.46. The van der Waals surface area contributed by atoms with Crippen molar-refractivity contribution in [3.8, 4) is 0 Å². The minimum absolute atomic E-state index is 0. The van der Waals surface area contributed by atoms with Crippen molar-refractivity contribution in [3.05, 3.63) is 47.2 Å². The maximum absolute atomic E-state index is 11.3. The first-order valence-corrected chi connectivity index (χ1v) is 6.38. The van der Waals surface area contributed by atoms with Gasteiger partial charge < -0.3 is 20.0 Å². The van der Waals surface area contributed by atoms with Gasteiger partial charge in [0.1, 0.15) is 0 Å². The fourth-order valence-electron chi connectivity index (χ4n) is 1.70. The second kappa shape index (κ2) is 11.0. The van der Waals surface area contributed by atoms with Crippen molar-refractivity contribution in [1.82, 2.24) is 5.32 Å². The molecule has 108 valence electrons. The van der Waals surface area contributed by atoms with Crippen LogP contribution >= 0.6 is 0 Å². The molecule has 0 fully saturated rings. The number of carboxylic acid groups (broad SMARTS) is 1. The molecule has 5 nitrogen and oxygen atoms in total. The maximum Gasteiger partial charge on any atom is 1.00 e. The van der Waals surface area contributed by atoms with Crippen LogP contribution in [0.2, 0.25) is 0 Å². The van der Waals surface area contributed by atoms with Crippen LogP contribution in [-0.2, 0) is 27.3 Å². The number of hydrogen-bond acceptors (Lipinski definition) is 5. The zero-order valence-corrected chi connectivity index (χ0v) is 15.8. The van der Waals surface area contributed by atoms with Gasteiger partial charge in [0.2, 0.25) is 0 Å². The molecule has 0 heterocycles. The van der Waals surface area contributed by atoms with E-state index in [9.17, 15) is 14.7 Å². The van der Waals surface area contributed by atoms with E-state index >= 15 is 0 Å². The largest absolute Gasteiger partial charge is 1.00 e. The quantitative estimate of drug-likeness (QED) is 0.343. The monoisotopic (exact) mass is 315 g/mol. The topological polar surface area (TPSA) is 78.5 Å². The van der Waals surface area contributed by atoms with Crippen LogP contribution in [-0.4, -0.2) is 18.5 Å². The third kappa shape index (κ3) is 8.38. The van der Waals surface area contributed by atoms with Crippen molar-refractivity contribution in [3.63, 3.8) is 0 Å². The molecule has 1 rings (SSSR count). The molecule has 1 aromatic rings. The van der Waals surface area contributed by atoms with Gasteiger partial charge in [-0.15, -0.1) is 0 Å². The van der Waals surface area contributed by atoms with Gasteiger partial charge in [-0.3, -0.25) is 0 Å². The van der Waals surface area contributed by atoms with Gasteiger partial charge >= 0.3 is 57.4 Å². The fourth-order valence-corrected chi connectivity index (χ4v) is 1.70. The van der Waals surface area contributed by atoms with Gasteiger partial charge in [-0.2, -0.15) is 0 Å². The molecule has 0 aliphatic rings. The summed E-state index contributed by atoms with van der Waals surface area (Å²) in [6.45, 7) is 4.26. The molecule has 0 saturated heterocycles. The Morgan fingerprint density at radius 1 is 1.29 bits per heavy atom. The van der Waals surface area contributed by atoms with Gasteiger partial charge in [0.25, 0.3) is 0 Å². The first kappa shape index (κ1) is 20.3. The molecule has 0 aliphatic heterocycles. The number of allylic oxidation sites excluding steroid dienone is 1. The van der Waals surface area contributed by atoms with E-state index in [1.807, 2.05) is 12.1 Å². The normalized spacial score (nSPS) is 10.5. The van der Waals surface area contributed by atoms with Crippen LogP contribution in [0.1, 0.15) is 25.0 Å². The minimum Gasteiger partial charge on any atom is -0.550 e. The Morgan fingerprint density at radius 3 is 2.48 bits per heavy atom. The molecule has 21 heavy (non-hydrogen) atoms. The zero-order chi connectivity index (χ0) is 15.0. The van der Waals surface area contributed by atoms with Gasteiger partial charge in [0.05, 0.1) is 6.61 Å². The van der Waals surface area contributed by atoms with Gasteiger partial charge in [-0.05, 0) is 25.0 Å². The molecular weight excluding hydrogens is 297 g/mol. The second-order valence-corrected chi connectivity index (χ2v) is 4.25. The smallest absolute Gasteiger partial charge is 0.550 e. The summed E-state index contributed by atoms with van der Waals surface area (Å²) >= 11 is 0. The van der Waals surface area contributed by atoms with Crippen molar-refractivity contribution in [1.29, 1.82) is 0 Å². The van der Waals surface area contributed by atoms with Crippen LogP contribution in [0, 0.1) is 0 Å². The Kier molecular flexibility index (Phi) is 10.6. The van der Waals surface area contributed by atoms with E-state index in [4.69, 9.17) is 4.74 Å². The molecule has 0 spiro atoms. The van der Waals surface area contributed by atoms with Gasteiger partial charge in [-0.1, -0.05) is 24.3 Å². The van der Waals surface area contributed by atoms with Crippen molar-refractivity contribution in [2.24, 2.45) is 0 Å². The van der Waals surface area contributed by atoms with Crippen LogP contribution in [0.15, 0.2) is 36.0 Å². The summed E-state index contributed by atoms with van der Waals surface area (Å²) < 4.78 is 4.80. The van der Waals surface area contributed by atoms with Crippen LogP contribution in [0.25, 0.3) is 0 Å². The second-order valence-electron chi connectivity index (χ2n) is 4.25. The van der Waals surface area contributed by atoms with Crippen LogP contribution in [0.4, 0.5) is 0 Å². The Morgan fingerprint density at radius 2 is 1.90 bits per heavy atom. The summed E-state index contributed by atoms with van der Waals surface area (Å²) in [6.07, 6.45) is 1.24. The number of benzene rings is 1. The number of aliphatic carboxylic acids is 1. The molecule has 0 amide bonds. The predicted molar refractivity (Wildman–Crippen MR) is 72.4 cm³/mol. The maximum atomic E-state index is 11.3. The summed E-state index contributed by atoms with van der Waals surface area (Å²) in [6, 6.07) is 7.20. The van der Waals surface area contributed by atoms with E-state index in [1.165, 1.54) is 6.08 Å². The average Bonchev–Trinajstić information content (AvgIpc) is 2.37. The molecule has 1 N–H and O–H groups in total. The first-order valence-electron chi connectivity index (χ1n) is 6.38. The summed E-state index contributed by atoms with van der Waals surface area (Å²) in [5.74, 6) is -1.52. The van der Waals surface area contributed by atoms with E-state index in [1.54, 1.807) is 26.0 Å². The molecule has 0 atom stereocenters. The van der Waals surface area contributed by atoms with Crippen molar-refractivity contribution >= 4 is 11.9 Å². The summed E-state index contributed by atoms with van der Waals surface area (Å²) in [7, 11) is 0. The molecular formula is C15H18KNO4. The minimum atomic E-state index is -1.11. The molecule has 0 saturated carbocycles. The molecule has 0 bridgehead atoms. The van der Waals surface area contributed by atoms with E-state index < -0.39 is 11.9 Å².